The molecule has 30 heavy (non-hydrogen) atoms. The summed E-state index contributed by atoms with van der Waals surface area (Å²) in [7, 11) is 1.57. The molecule has 0 bridgehead atoms. The van der Waals surface area contributed by atoms with E-state index in [0.29, 0.717) is 11.3 Å². The lowest BCUT2D eigenvalue weighted by Gasteiger charge is -2.29. The van der Waals surface area contributed by atoms with E-state index in [1.54, 1.807) is 44.4 Å². The molecule has 0 aromatic heterocycles. The van der Waals surface area contributed by atoms with Crippen LogP contribution in [0, 0.1) is 10.1 Å². The zero-order chi connectivity index (χ0) is 22.3. The number of hydrogen-bond acceptors (Lipinski definition) is 5. The highest BCUT2D eigenvalue weighted by Crippen LogP contribution is 2.21. The molecule has 8 nitrogen and oxygen atoms in total. The second kappa shape index (κ2) is 10.4. The normalized spacial score (nSPS) is 11.6. The minimum atomic E-state index is -0.746. The van der Waals surface area contributed by atoms with E-state index in [9.17, 15) is 19.7 Å². The van der Waals surface area contributed by atoms with Crippen molar-refractivity contribution in [3.8, 4) is 5.75 Å². The number of nitrogens with zero attached hydrogens (tertiary/aromatic N) is 2. The first-order valence-corrected chi connectivity index (χ1v) is 9.68. The van der Waals surface area contributed by atoms with Gasteiger partial charge in [0.15, 0.2) is 0 Å². The van der Waals surface area contributed by atoms with Gasteiger partial charge in [0.1, 0.15) is 11.8 Å². The second-order valence-corrected chi connectivity index (χ2v) is 7.27. The van der Waals surface area contributed by atoms with Crippen molar-refractivity contribution >= 4 is 17.5 Å². The molecule has 1 unspecified atom stereocenters. The van der Waals surface area contributed by atoms with Gasteiger partial charge in [0.25, 0.3) is 5.69 Å². The van der Waals surface area contributed by atoms with Gasteiger partial charge in [0, 0.05) is 24.2 Å². The van der Waals surface area contributed by atoms with Gasteiger partial charge in [-0.25, -0.2) is 0 Å². The fraction of sp³-hybridized carbons (Fsp3) is 0.364. The Morgan fingerprint density at radius 3 is 2.30 bits per heavy atom. The first-order chi connectivity index (χ1) is 14.2. The monoisotopic (exact) mass is 413 g/mol. The number of nitro groups is 1. The summed E-state index contributed by atoms with van der Waals surface area (Å²) in [5.74, 6) is 0.0306. The van der Waals surface area contributed by atoms with Crippen molar-refractivity contribution in [3.05, 3.63) is 69.8 Å². The molecule has 2 aromatic carbocycles. The summed E-state index contributed by atoms with van der Waals surface area (Å²) in [6.45, 7) is 5.52. The van der Waals surface area contributed by atoms with Crippen LogP contribution in [0.3, 0.4) is 0 Å². The Balaban J connectivity index is 2.30. The molecule has 2 aromatic rings. The first kappa shape index (κ1) is 22.9. The van der Waals surface area contributed by atoms with E-state index in [4.69, 9.17) is 4.74 Å². The molecule has 1 atom stereocenters. The summed E-state index contributed by atoms with van der Waals surface area (Å²) in [5.41, 5.74) is 1.01. The molecule has 2 amide bonds. The molecule has 0 heterocycles. The maximum Gasteiger partial charge on any atom is 0.273 e. The van der Waals surface area contributed by atoms with E-state index in [1.807, 2.05) is 26.0 Å². The zero-order valence-electron chi connectivity index (χ0n) is 17.6. The van der Waals surface area contributed by atoms with Crippen LogP contribution in [0.25, 0.3) is 0 Å². The van der Waals surface area contributed by atoms with Gasteiger partial charge in [-0.1, -0.05) is 30.3 Å². The average molecular weight is 413 g/mol. The van der Waals surface area contributed by atoms with Crippen LogP contribution >= 0.6 is 0 Å². The lowest BCUT2D eigenvalue weighted by atomic mass is 10.1. The second-order valence-electron chi connectivity index (χ2n) is 7.27. The minimum Gasteiger partial charge on any atom is -0.497 e. The number of rotatable bonds is 9. The van der Waals surface area contributed by atoms with E-state index < -0.39 is 11.0 Å². The molecular weight excluding hydrogens is 386 g/mol. The molecule has 0 fully saturated rings. The molecule has 160 valence electrons. The summed E-state index contributed by atoms with van der Waals surface area (Å²) >= 11 is 0. The van der Waals surface area contributed by atoms with Crippen molar-refractivity contribution in [3.63, 3.8) is 0 Å². The zero-order valence-corrected chi connectivity index (χ0v) is 17.6. The van der Waals surface area contributed by atoms with Gasteiger partial charge in [0.2, 0.25) is 11.8 Å². The molecule has 0 radical (unpaired) electrons. The average Bonchev–Trinajstić information content (AvgIpc) is 2.71. The van der Waals surface area contributed by atoms with Gasteiger partial charge < -0.3 is 15.0 Å². The molecule has 2 rings (SSSR count). The van der Waals surface area contributed by atoms with Crippen LogP contribution in [0.5, 0.6) is 5.75 Å². The van der Waals surface area contributed by atoms with Crippen molar-refractivity contribution in [1.82, 2.24) is 10.2 Å². The molecule has 0 aliphatic heterocycles. The Labute approximate surface area is 176 Å². The third-order valence-corrected chi connectivity index (χ3v) is 4.64. The summed E-state index contributed by atoms with van der Waals surface area (Å²) in [5, 5.41) is 14.1. The van der Waals surface area contributed by atoms with Crippen LogP contribution in [0.4, 0.5) is 5.69 Å². The number of hydrogen-bond donors (Lipinski definition) is 1. The molecule has 8 heteroatoms. The standard InChI is InChI=1S/C22H27N3O5/c1-15(2)23-22(27)16(3)24(14-17-9-11-19(30-4)12-10-17)21(26)13-18-7-5-6-8-20(18)25(28)29/h5-12,15-16H,13-14H2,1-4H3,(H,23,27). The number of nitro benzene ring substituents is 1. The summed E-state index contributed by atoms with van der Waals surface area (Å²) in [6, 6.07) is 12.5. The summed E-state index contributed by atoms with van der Waals surface area (Å²) < 4.78 is 5.16. The number of nitrogens with one attached hydrogen (secondary N) is 1. The van der Waals surface area contributed by atoms with Gasteiger partial charge >= 0.3 is 0 Å². The predicted octanol–water partition coefficient (Wildman–Crippen LogP) is 3.09. The quantitative estimate of drug-likeness (QED) is 0.503. The fourth-order valence-corrected chi connectivity index (χ4v) is 3.02. The van der Waals surface area contributed by atoms with Gasteiger partial charge in [-0.3, -0.25) is 19.7 Å². The van der Waals surface area contributed by atoms with E-state index in [0.717, 1.165) is 5.56 Å². The molecule has 1 N–H and O–H groups in total. The number of methoxy groups -OCH3 is 1. The van der Waals surface area contributed by atoms with Gasteiger partial charge in [0.05, 0.1) is 18.5 Å². The van der Waals surface area contributed by atoms with Crippen molar-refractivity contribution in [2.24, 2.45) is 0 Å². The number of ether oxygens (including phenoxy) is 1. The number of carbonyl (C=O) groups excluding carboxylic acids is 2. The van der Waals surface area contributed by atoms with E-state index in [-0.39, 0.29) is 36.5 Å². The molecule has 0 saturated carbocycles. The molecule has 0 aliphatic rings. The summed E-state index contributed by atoms with van der Waals surface area (Å²) in [6.07, 6.45) is -0.174. The summed E-state index contributed by atoms with van der Waals surface area (Å²) in [4.78, 5) is 38.0. The van der Waals surface area contributed by atoms with Gasteiger partial charge in [-0.2, -0.15) is 0 Å². The van der Waals surface area contributed by atoms with Crippen LogP contribution in [-0.2, 0) is 22.6 Å². The van der Waals surface area contributed by atoms with Gasteiger partial charge in [-0.15, -0.1) is 0 Å². The maximum absolute atomic E-state index is 13.1. The highest BCUT2D eigenvalue weighted by Gasteiger charge is 2.28. The van der Waals surface area contributed by atoms with Crippen molar-refractivity contribution in [1.29, 1.82) is 0 Å². The predicted molar refractivity (Wildman–Crippen MR) is 113 cm³/mol. The Hall–Kier alpha value is -3.42. The molecule has 0 spiro atoms. The van der Waals surface area contributed by atoms with Crippen LogP contribution in [0.2, 0.25) is 0 Å². The van der Waals surface area contributed by atoms with Crippen molar-refractivity contribution < 1.29 is 19.2 Å². The van der Waals surface area contributed by atoms with Crippen LogP contribution in [0.1, 0.15) is 31.9 Å². The third-order valence-electron chi connectivity index (χ3n) is 4.64. The Morgan fingerprint density at radius 2 is 1.73 bits per heavy atom. The number of carbonyl (C=O) groups is 2. The molecular formula is C22H27N3O5. The number of benzene rings is 2. The first-order valence-electron chi connectivity index (χ1n) is 9.68. The van der Waals surface area contributed by atoms with E-state index in [2.05, 4.69) is 5.32 Å². The Morgan fingerprint density at radius 1 is 1.10 bits per heavy atom. The lowest BCUT2D eigenvalue weighted by Crippen LogP contribution is -2.49. The Kier molecular flexibility index (Phi) is 7.91. The topological polar surface area (TPSA) is 102 Å². The molecule has 0 saturated heterocycles. The minimum absolute atomic E-state index is 0.0758. The SMILES string of the molecule is COc1ccc(CN(C(=O)Cc2ccccc2[N+](=O)[O-])C(C)C(=O)NC(C)C)cc1. The maximum atomic E-state index is 13.1. The lowest BCUT2D eigenvalue weighted by molar-refractivity contribution is -0.385. The third kappa shape index (κ3) is 6.04. The van der Waals surface area contributed by atoms with Crippen LogP contribution in [0.15, 0.2) is 48.5 Å². The largest absolute Gasteiger partial charge is 0.497 e. The van der Waals surface area contributed by atoms with Crippen molar-refractivity contribution in [2.75, 3.05) is 7.11 Å². The smallest absolute Gasteiger partial charge is 0.273 e. The number of para-hydroxylation sites is 1. The highest BCUT2D eigenvalue weighted by molar-refractivity contribution is 5.88. The van der Waals surface area contributed by atoms with E-state index >= 15 is 0 Å². The molecule has 0 aliphatic carbocycles. The number of amides is 2. The van der Waals surface area contributed by atoms with Crippen LogP contribution < -0.4 is 10.1 Å². The van der Waals surface area contributed by atoms with Crippen molar-refractivity contribution in [2.45, 2.75) is 45.8 Å². The Bertz CT molecular complexity index is 896. The van der Waals surface area contributed by atoms with E-state index in [1.165, 1.54) is 11.0 Å². The van der Waals surface area contributed by atoms with Crippen LogP contribution in [-0.4, -0.2) is 40.8 Å². The van der Waals surface area contributed by atoms with Gasteiger partial charge in [-0.05, 0) is 38.5 Å². The fourth-order valence-electron chi connectivity index (χ4n) is 3.02. The highest BCUT2D eigenvalue weighted by atomic mass is 16.6.